The average molecular weight is 405 g/mol. The van der Waals surface area contributed by atoms with Crippen LogP contribution in [0.3, 0.4) is 0 Å². The second kappa shape index (κ2) is 8.14. The molecule has 30 heavy (non-hydrogen) atoms. The van der Waals surface area contributed by atoms with Crippen molar-refractivity contribution in [3.05, 3.63) is 71.8 Å². The van der Waals surface area contributed by atoms with E-state index in [1.54, 1.807) is 12.1 Å². The third-order valence-electron chi connectivity index (χ3n) is 5.73. The number of nitrogens with two attached hydrogens (primary N) is 1. The number of hydrogen-bond donors (Lipinski definition) is 1. The van der Waals surface area contributed by atoms with Crippen molar-refractivity contribution in [1.29, 1.82) is 0 Å². The molecular formula is C24H23NO5. The SMILES string of the molecule is NC(=O)C1(OC(=O)C2OC(=O)C(c3ccccc3)=C2c2ccccc2)CCCCC1. The molecule has 154 valence electrons. The largest absolute Gasteiger partial charge is 0.446 e. The Balaban J connectivity index is 1.75. The predicted molar refractivity (Wildman–Crippen MR) is 111 cm³/mol. The first-order valence-corrected chi connectivity index (χ1v) is 10.1. The molecule has 1 unspecified atom stereocenters. The van der Waals surface area contributed by atoms with E-state index in [9.17, 15) is 14.4 Å². The third-order valence-corrected chi connectivity index (χ3v) is 5.73. The summed E-state index contributed by atoms with van der Waals surface area (Å²) in [7, 11) is 0. The number of cyclic esters (lactones) is 1. The van der Waals surface area contributed by atoms with E-state index in [4.69, 9.17) is 15.2 Å². The van der Waals surface area contributed by atoms with Crippen molar-refractivity contribution in [1.82, 2.24) is 0 Å². The first kappa shape index (κ1) is 19.9. The maximum Gasteiger partial charge on any atom is 0.353 e. The van der Waals surface area contributed by atoms with Gasteiger partial charge in [-0.25, -0.2) is 9.59 Å². The van der Waals surface area contributed by atoms with Gasteiger partial charge in [0, 0.05) is 5.57 Å². The van der Waals surface area contributed by atoms with Gasteiger partial charge in [-0.3, -0.25) is 4.79 Å². The minimum absolute atomic E-state index is 0.320. The molecule has 2 N–H and O–H groups in total. The lowest BCUT2D eigenvalue weighted by molar-refractivity contribution is -0.179. The molecule has 0 saturated heterocycles. The van der Waals surface area contributed by atoms with E-state index < -0.39 is 29.6 Å². The lowest BCUT2D eigenvalue weighted by Crippen LogP contribution is -2.50. The van der Waals surface area contributed by atoms with Crippen LogP contribution in [0.15, 0.2) is 60.7 Å². The summed E-state index contributed by atoms with van der Waals surface area (Å²) in [6.45, 7) is 0. The van der Waals surface area contributed by atoms with Crippen LogP contribution in [0.4, 0.5) is 0 Å². The number of carbonyl (C=O) groups is 3. The number of rotatable bonds is 5. The molecule has 6 nitrogen and oxygen atoms in total. The van der Waals surface area contributed by atoms with E-state index in [0.717, 1.165) is 19.3 Å². The minimum atomic E-state index is -1.35. The standard InChI is InChI=1S/C24H23NO5/c25-23(28)24(14-8-3-9-15-24)30-22(27)20-18(16-10-4-1-5-11-16)19(21(26)29-20)17-12-6-2-7-13-17/h1-2,4-7,10-13,20H,3,8-9,14-15H2,(H2,25,28). The Bertz CT molecular complexity index is 991. The minimum Gasteiger partial charge on any atom is -0.446 e. The summed E-state index contributed by atoms with van der Waals surface area (Å²) in [5.41, 5.74) is 6.35. The summed E-state index contributed by atoms with van der Waals surface area (Å²) in [5.74, 6) is -2.03. The predicted octanol–water partition coefficient (Wildman–Crippen LogP) is 3.25. The van der Waals surface area contributed by atoms with E-state index in [1.807, 2.05) is 48.5 Å². The Hall–Kier alpha value is -3.41. The highest BCUT2D eigenvalue weighted by molar-refractivity contribution is 6.30. The third kappa shape index (κ3) is 3.61. The van der Waals surface area contributed by atoms with Gasteiger partial charge < -0.3 is 15.2 Å². The van der Waals surface area contributed by atoms with Gasteiger partial charge in [0.1, 0.15) is 0 Å². The second-order valence-corrected chi connectivity index (χ2v) is 7.65. The van der Waals surface area contributed by atoms with E-state index in [2.05, 4.69) is 0 Å². The molecule has 1 amide bonds. The van der Waals surface area contributed by atoms with Gasteiger partial charge in [-0.1, -0.05) is 67.1 Å². The van der Waals surface area contributed by atoms with Gasteiger partial charge in [0.25, 0.3) is 5.91 Å². The fraction of sp³-hybridized carbons (Fsp3) is 0.292. The monoisotopic (exact) mass is 405 g/mol. The summed E-state index contributed by atoms with van der Waals surface area (Å²) in [5, 5.41) is 0. The molecule has 1 saturated carbocycles. The molecule has 1 heterocycles. The molecule has 6 heteroatoms. The van der Waals surface area contributed by atoms with E-state index in [-0.39, 0.29) is 0 Å². The summed E-state index contributed by atoms with van der Waals surface area (Å²) in [6, 6.07) is 18.2. The maximum atomic E-state index is 13.2. The second-order valence-electron chi connectivity index (χ2n) is 7.65. The number of esters is 2. The van der Waals surface area contributed by atoms with Crippen LogP contribution in [0.5, 0.6) is 0 Å². The Kier molecular flexibility index (Phi) is 5.40. The van der Waals surface area contributed by atoms with Crippen LogP contribution >= 0.6 is 0 Å². The fourth-order valence-electron chi connectivity index (χ4n) is 4.19. The summed E-state index contributed by atoms with van der Waals surface area (Å²) in [6.07, 6.45) is 1.95. The highest BCUT2D eigenvalue weighted by Crippen LogP contribution is 2.39. The number of hydrogen-bond acceptors (Lipinski definition) is 5. The van der Waals surface area contributed by atoms with Crippen LogP contribution in [0.1, 0.15) is 43.2 Å². The average Bonchev–Trinajstić information content (AvgIpc) is 3.13. The van der Waals surface area contributed by atoms with Gasteiger partial charge in [-0.2, -0.15) is 0 Å². The molecule has 0 radical (unpaired) electrons. The van der Waals surface area contributed by atoms with Crippen molar-refractivity contribution in [3.8, 4) is 0 Å². The van der Waals surface area contributed by atoms with E-state index in [0.29, 0.717) is 35.1 Å². The molecule has 1 aliphatic carbocycles. The van der Waals surface area contributed by atoms with Gasteiger partial charge in [0.05, 0.1) is 5.57 Å². The van der Waals surface area contributed by atoms with Crippen molar-refractivity contribution in [2.45, 2.75) is 43.8 Å². The van der Waals surface area contributed by atoms with Gasteiger partial charge in [0.2, 0.25) is 6.10 Å². The smallest absolute Gasteiger partial charge is 0.353 e. The molecule has 2 aromatic carbocycles. The van der Waals surface area contributed by atoms with Crippen molar-refractivity contribution >= 4 is 29.0 Å². The number of ether oxygens (including phenoxy) is 2. The first-order valence-electron chi connectivity index (χ1n) is 10.1. The number of benzene rings is 2. The molecule has 1 fully saturated rings. The molecule has 2 aliphatic rings. The van der Waals surface area contributed by atoms with Crippen molar-refractivity contribution < 1.29 is 23.9 Å². The molecule has 0 aromatic heterocycles. The molecule has 0 bridgehead atoms. The lowest BCUT2D eigenvalue weighted by Gasteiger charge is -2.34. The van der Waals surface area contributed by atoms with Crippen molar-refractivity contribution in [3.63, 3.8) is 0 Å². The van der Waals surface area contributed by atoms with Gasteiger partial charge in [0.15, 0.2) is 5.60 Å². The number of amides is 1. The van der Waals surface area contributed by atoms with E-state index in [1.165, 1.54) is 0 Å². The molecule has 4 rings (SSSR count). The fourth-order valence-corrected chi connectivity index (χ4v) is 4.19. The van der Waals surface area contributed by atoms with Crippen LogP contribution in [-0.2, 0) is 23.9 Å². The van der Waals surface area contributed by atoms with Gasteiger partial charge >= 0.3 is 11.9 Å². The van der Waals surface area contributed by atoms with Crippen LogP contribution < -0.4 is 5.73 Å². The Morgan fingerprint density at radius 3 is 2.03 bits per heavy atom. The topological polar surface area (TPSA) is 95.7 Å². The first-order chi connectivity index (χ1) is 14.5. The van der Waals surface area contributed by atoms with Gasteiger partial charge in [-0.05, 0) is 36.8 Å². The highest BCUT2D eigenvalue weighted by Gasteiger charge is 2.47. The Labute approximate surface area is 174 Å². The maximum absolute atomic E-state index is 13.2. The Morgan fingerprint density at radius 2 is 1.47 bits per heavy atom. The number of primary amides is 1. The van der Waals surface area contributed by atoms with Crippen LogP contribution in [0, 0.1) is 0 Å². The zero-order valence-electron chi connectivity index (χ0n) is 16.5. The molecule has 2 aromatic rings. The molecule has 1 atom stereocenters. The summed E-state index contributed by atoms with van der Waals surface area (Å²) < 4.78 is 11.2. The molecular weight excluding hydrogens is 382 g/mol. The quantitative estimate of drug-likeness (QED) is 0.771. The molecule has 0 spiro atoms. The van der Waals surface area contributed by atoms with Crippen LogP contribution in [-0.4, -0.2) is 29.6 Å². The lowest BCUT2D eigenvalue weighted by atomic mass is 9.84. The van der Waals surface area contributed by atoms with Crippen LogP contribution in [0.25, 0.3) is 11.1 Å². The van der Waals surface area contributed by atoms with Crippen molar-refractivity contribution in [2.24, 2.45) is 5.73 Å². The van der Waals surface area contributed by atoms with Crippen molar-refractivity contribution in [2.75, 3.05) is 0 Å². The molecule has 1 aliphatic heterocycles. The van der Waals surface area contributed by atoms with E-state index >= 15 is 0 Å². The van der Waals surface area contributed by atoms with Crippen LogP contribution in [0.2, 0.25) is 0 Å². The zero-order chi connectivity index (χ0) is 21.1. The van der Waals surface area contributed by atoms with Gasteiger partial charge in [-0.15, -0.1) is 0 Å². The summed E-state index contributed by atoms with van der Waals surface area (Å²) >= 11 is 0. The number of carbonyl (C=O) groups excluding carboxylic acids is 3. The zero-order valence-corrected chi connectivity index (χ0v) is 16.5. The highest BCUT2D eigenvalue weighted by atomic mass is 16.6. The summed E-state index contributed by atoms with van der Waals surface area (Å²) in [4.78, 5) is 38.1. The normalized spacial score (nSPS) is 20.5. The Morgan fingerprint density at radius 1 is 0.900 bits per heavy atom.